The maximum atomic E-state index is 13.8. The molecule has 1 amide bonds. The zero-order valence-electron chi connectivity index (χ0n) is 19.4. The average Bonchev–Trinajstić information content (AvgIpc) is 2.86. The van der Waals surface area contributed by atoms with Gasteiger partial charge < -0.3 is 9.64 Å². The quantitative estimate of drug-likeness (QED) is 0.678. The number of ether oxygens (including phenoxy) is 1. The molecular formula is C25H30FN5O3. The number of nitrogens with one attached hydrogen (secondary N) is 1. The molecule has 0 saturated carbocycles. The Bertz CT molecular complexity index is 1050. The maximum absolute atomic E-state index is 13.8. The Morgan fingerprint density at radius 1 is 1.21 bits per heavy atom. The molecule has 0 bridgehead atoms. The van der Waals surface area contributed by atoms with Gasteiger partial charge in [-0.25, -0.2) is 4.39 Å². The smallest absolute Gasteiger partial charge is 0.225 e. The maximum Gasteiger partial charge on any atom is 0.225 e. The zero-order chi connectivity index (χ0) is 23.5. The lowest BCUT2D eigenvalue weighted by Gasteiger charge is -2.44. The molecule has 0 atom stereocenters. The number of likely N-dealkylation sites (tertiary alicyclic amines) is 2. The van der Waals surface area contributed by atoms with Crippen LogP contribution in [0, 0.1) is 11.7 Å². The van der Waals surface area contributed by atoms with Gasteiger partial charge in [0, 0.05) is 50.2 Å². The van der Waals surface area contributed by atoms with Gasteiger partial charge in [0.25, 0.3) is 0 Å². The normalized spacial score (nSPS) is 20.4. The average molecular weight is 468 g/mol. The lowest BCUT2D eigenvalue weighted by molar-refractivity contribution is -0.139. The van der Waals surface area contributed by atoms with Gasteiger partial charge in [0.15, 0.2) is 0 Å². The number of halogens is 1. The molecule has 0 aliphatic carbocycles. The monoisotopic (exact) mass is 467 g/mol. The molecule has 3 aliphatic rings. The minimum Gasteiger partial charge on any atom is -0.482 e. The molecule has 0 unspecified atom stereocenters. The molecule has 2 saturated heterocycles. The van der Waals surface area contributed by atoms with E-state index in [2.05, 4.69) is 20.6 Å². The first-order valence-corrected chi connectivity index (χ1v) is 11.8. The summed E-state index contributed by atoms with van der Waals surface area (Å²) in [6.07, 6.45) is 8.59. The topological polar surface area (TPSA) is 79.8 Å². The predicted molar refractivity (Wildman–Crippen MR) is 124 cm³/mol. The number of fused-ring (bicyclic) bond motifs is 1. The van der Waals surface area contributed by atoms with Crippen LogP contribution in [0.15, 0.2) is 42.7 Å². The molecule has 180 valence electrons. The van der Waals surface area contributed by atoms with E-state index in [9.17, 15) is 9.18 Å². The van der Waals surface area contributed by atoms with E-state index in [1.807, 2.05) is 17.0 Å². The first-order valence-electron chi connectivity index (χ1n) is 11.8. The summed E-state index contributed by atoms with van der Waals surface area (Å²) in [6.45, 7) is 3.92. The van der Waals surface area contributed by atoms with Crippen molar-refractivity contribution in [3.05, 3.63) is 59.7 Å². The van der Waals surface area contributed by atoms with Crippen molar-refractivity contribution in [2.45, 2.75) is 37.8 Å². The van der Waals surface area contributed by atoms with Gasteiger partial charge in [-0.3, -0.25) is 20.0 Å². The number of hydrogen-bond donors (Lipinski definition) is 1. The number of carbonyl (C=O) groups excluding carboxylic acids is 1. The molecule has 1 N–H and O–H groups in total. The van der Waals surface area contributed by atoms with Crippen LogP contribution in [0.1, 0.15) is 36.8 Å². The Kier molecular flexibility index (Phi) is 6.47. The number of piperidine rings is 2. The fraction of sp³-hybridized carbons (Fsp3) is 0.480. The van der Waals surface area contributed by atoms with E-state index in [-0.39, 0.29) is 17.6 Å². The summed E-state index contributed by atoms with van der Waals surface area (Å²) in [5.41, 5.74) is 4.81. The molecule has 5 rings (SSSR count). The molecule has 1 aromatic heterocycles. The third-order valence-electron chi connectivity index (χ3n) is 7.07. The fourth-order valence-electron chi connectivity index (χ4n) is 5.20. The summed E-state index contributed by atoms with van der Waals surface area (Å²) >= 11 is 0. The lowest BCUT2D eigenvalue weighted by Crippen LogP contribution is -2.52. The molecule has 0 radical (unpaired) electrons. The van der Waals surface area contributed by atoms with E-state index in [0.717, 1.165) is 38.0 Å². The summed E-state index contributed by atoms with van der Waals surface area (Å²) in [7, 11) is 1.53. The van der Waals surface area contributed by atoms with Crippen molar-refractivity contribution in [3.8, 4) is 5.75 Å². The molecule has 2 fully saturated rings. The van der Waals surface area contributed by atoms with Gasteiger partial charge in [0.05, 0.1) is 19.0 Å². The van der Waals surface area contributed by atoms with Crippen molar-refractivity contribution >= 4 is 11.6 Å². The van der Waals surface area contributed by atoms with E-state index in [4.69, 9.17) is 9.57 Å². The highest BCUT2D eigenvalue weighted by Crippen LogP contribution is 2.40. The van der Waals surface area contributed by atoms with Gasteiger partial charge in [0.1, 0.15) is 17.2 Å². The van der Waals surface area contributed by atoms with Crippen LogP contribution < -0.4 is 10.2 Å². The highest BCUT2D eigenvalue weighted by atomic mass is 19.1. The van der Waals surface area contributed by atoms with Crippen LogP contribution in [0.5, 0.6) is 5.75 Å². The van der Waals surface area contributed by atoms with E-state index < -0.39 is 5.60 Å². The van der Waals surface area contributed by atoms with Crippen molar-refractivity contribution < 1.29 is 18.8 Å². The zero-order valence-corrected chi connectivity index (χ0v) is 19.4. The van der Waals surface area contributed by atoms with Crippen LogP contribution in [-0.4, -0.2) is 64.8 Å². The third kappa shape index (κ3) is 4.76. The van der Waals surface area contributed by atoms with Gasteiger partial charge >= 0.3 is 0 Å². The number of benzene rings is 1. The van der Waals surface area contributed by atoms with Gasteiger partial charge in [-0.1, -0.05) is 0 Å². The minimum absolute atomic E-state index is 0.0677. The molecule has 34 heavy (non-hydrogen) atoms. The first-order chi connectivity index (χ1) is 16.5. The standard InChI is InChI=1S/C25H30FN5O3/c1-33-29-22-15-25(34-23-3-2-20(26)14-21(22)23)7-12-31(13-8-25)24(32)19-5-10-30(11-6-19)17-18-4-9-27-28-16-18/h2-4,9,14-16,19,29H,5-8,10-13,17H2,1H3. The van der Waals surface area contributed by atoms with Crippen molar-refractivity contribution in [3.63, 3.8) is 0 Å². The number of rotatable bonds is 5. The molecule has 8 nitrogen and oxygen atoms in total. The lowest BCUT2D eigenvalue weighted by atomic mass is 9.86. The Hall–Kier alpha value is -3.04. The van der Waals surface area contributed by atoms with Crippen molar-refractivity contribution in [2.24, 2.45) is 5.92 Å². The highest BCUT2D eigenvalue weighted by Gasteiger charge is 2.41. The molecule has 9 heteroatoms. The second-order valence-electron chi connectivity index (χ2n) is 9.30. The number of amides is 1. The third-order valence-corrected chi connectivity index (χ3v) is 7.07. The van der Waals surface area contributed by atoms with Gasteiger partial charge in [0.2, 0.25) is 5.91 Å². The molecular weight excluding hydrogens is 437 g/mol. The number of nitrogens with zero attached hydrogens (tertiary/aromatic N) is 4. The largest absolute Gasteiger partial charge is 0.482 e. The molecule has 1 spiro atoms. The number of aromatic nitrogens is 2. The Morgan fingerprint density at radius 2 is 2.00 bits per heavy atom. The number of hydroxylamine groups is 1. The van der Waals surface area contributed by atoms with Crippen LogP contribution in [-0.2, 0) is 16.2 Å². The SMILES string of the molecule is CONC1=CC2(CCN(C(=O)C3CCN(Cc4ccnnc4)CC3)CC2)Oc2ccc(F)cc21. The molecule has 3 aliphatic heterocycles. The fourth-order valence-corrected chi connectivity index (χ4v) is 5.20. The van der Waals surface area contributed by atoms with Gasteiger partial charge in [-0.05, 0) is 61.8 Å². The summed E-state index contributed by atoms with van der Waals surface area (Å²) in [6, 6.07) is 6.48. The number of hydrogen-bond acceptors (Lipinski definition) is 7. The summed E-state index contributed by atoms with van der Waals surface area (Å²) < 4.78 is 20.1. The van der Waals surface area contributed by atoms with E-state index >= 15 is 0 Å². The number of carbonyl (C=O) groups is 1. The van der Waals surface area contributed by atoms with Gasteiger partial charge in [-0.15, -0.1) is 0 Å². The van der Waals surface area contributed by atoms with Crippen LogP contribution in [0.3, 0.4) is 0 Å². The molecule has 1 aromatic carbocycles. The predicted octanol–water partition coefficient (Wildman–Crippen LogP) is 2.77. The van der Waals surface area contributed by atoms with Crippen LogP contribution in [0.25, 0.3) is 5.70 Å². The van der Waals surface area contributed by atoms with Crippen LogP contribution >= 0.6 is 0 Å². The Morgan fingerprint density at radius 3 is 2.71 bits per heavy atom. The van der Waals surface area contributed by atoms with Crippen molar-refractivity contribution in [2.75, 3.05) is 33.3 Å². The highest BCUT2D eigenvalue weighted by molar-refractivity contribution is 5.79. The Balaban J connectivity index is 1.18. The van der Waals surface area contributed by atoms with Gasteiger partial charge in [-0.2, -0.15) is 10.2 Å². The second-order valence-corrected chi connectivity index (χ2v) is 9.30. The van der Waals surface area contributed by atoms with Crippen LogP contribution in [0.4, 0.5) is 4.39 Å². The summed E-state index contributed by atoms with van der Waals surface area (Å²) in [5.74, 6) is 0.613. The van der Waals surface area contributed by atoms with E-state index in [1.165, 1.54) is 19.2 Å². The van der Waals surface area contributed by atoms with Crippen LogP contribution in [0.2, 0.25) is 0 Å². The van der Waals surface area contributed by atoms with Crippen molar-refractivity contribution in [1.82, 2.24) is 25.5 Å². The Labute approximate surface area is 198 Å². The summed E-state index contributed by atoms with van der Waals surface area (Å²) in [4.78, 5) is 22.7. The molecule has 4 heterocycles. The minimum atomic E-state index is -0.537. The summed E-state index contributed by atoms with van der Waals surface area (Å²) in [5, 5.41) is 7.77. The van der Waals surface area contributed by atoms with Crippen molar-refractivity contribution in [1.29, 1.82) is 0 Å². The van der Waals surface area contributed by atoms with E-state index in [0.29, 0.717) is 42.9 Å². The molecule has 2 aromatic rings. The second kappa shape index (κ2) is 9.68. The first kappa shape index (κ1) is 22.7. The van der Waals surface area contributed by atoms with E-state index in [1.54, 1.807) is 18.5 Å².